The van der Waals surface area contributed by atoms with E-state index < -0.39 is 0 Å². The molecule has 2 aromatic heterocycles. The van der Waals surface area contributed by atoms with Gasteiger partial charge in [-0.25, -0.2) is 0 Å². The second-order valence-electron chi connectivity index (χ2n) is 4.69. The minimum absolute atomic E-state index is 0.0352. The minimum atomic E-state index is 0.0352. The molecule has 90 valence electrons. The Kier molecular flexibility index (Phi) is 2.74. The maximum Gasteiger partial charge on any atom is 0.272 e. The van der Waals surface area contributed by atoms with Crippen LogP contribution in [0.3, 0.4) is 0 Å². The third-order valence-corrected chi connectivity index (χ3v) is 4.70. The van der Waals surface area contributed by atoms with E-state index in [1.165, 1.54) is 18.6 Å². The molecule has 1 N–H and O–H groups in total. The molecule has 3 heterocycles. The second-order valence-corrected chi connectivity index (χ2v) is 6.10. The zero-order valence-corrected chi connectivity index (χ0v) is 10.7. The van der Waals surface area contributed by atoms with Gasteiger partial charge in [-0.05, 0) is 37.7 Å². The molecule has 1 aliphatic heterocycles. The highest BCUT2D eigenvalue weighted by molar-refractivity contribution is 8.00. The highest BCUT2D eigenvalue weighted by atomic mass is 32.2. The average Bonchev–Trinajstić information content (AvgIpc) is 2.88. The average molecular weight is 248 g/mol. The molecule has 1 atom stereocenters. The predicted molar refractivity (Wildman–Crippen MR) is 72.8 cm³/mol. The van der Waals surface area contributed by atoms with Crippen LogP contribution in [0.25, 0.3) is 10.9 Å². The molecule has 0 spiro atoms. The smallest absolute Gasteiger partial charge is 0.272 e. The van der Waals surface area contributed by atoms with E-state index in [9.17, 15) is 4.79 Å². The number of rotatable bonds is 2. The SMILES string of the molecule is Cc1cc2ccn(CC3CCCS3)c2c(=O)[nH]1. The quantitative estimate of drug-likeness (QED) is 0.887. The lowest BCUT2D eigenvalue weighted by molar-refractivity contribution is 0.654. The van der Waals surface area contributed by atoms with Crippen molar-refractivity contribution in [3.05, 3.63) is 34.4 Å². The Labute approximate surface area is 104 Å². The van der Waals surface area contributed by atoms with E-state index in [0.29, 0.717) is 5.25 Å². The number of aromatic amines is 1. The van der Waals surface area contributed by atoms with Gasteiger partial charge in [0, 0.05) is 29.1 Å². The number of thioether (sulfide) groups is 1. The van der Waals surface area contributed by atoms with E-state index >= 15 is 0 Å². The van der Waals surface area contributed by atoms with Gasteiger partial charge in [-0.3, -0.25) is 4.79 Å². The number of hydrogen-bond donors (Lipinski definition) is 1. The van der Waals surface area contributed by atoms with Crippen LogP contribution < -0.4 is 5.56 Å². The molecule has 2 aromatic rings. The number of fused-ring (bicyclic) bond motifs is 1. The van der Waals surface area contributed by atoms with Crippen LogP contribution in [-0.2, 0) is 6.54 Å². The third kappa shape index (κ3) is 2.02. The van der Waals surface area contributed by atoms with E-state index in [1.54, 1.807) is 0 Å². The highest BCUT2D eigenvalue weighted by Crippen LogP contribution is 2.28. The third-order valence-electron chi connectivity index (χ3n) is 3.32. The fourth-order valence-electron chi connectivity index (χ4n) is 2.54. The molecular formula is C13H16N2OS. The standard InChI is InChI=1S/C13H16N2OS/c1-9-7-10-4-5-15(12(10)13(16)14-9)8-11-3-2-6-17-11/h4-5,7,11H,2-3,6,8H2,1H3,(H,14,16). The van der Waals surface area contributed by atoms with Crippen molar-refractivity contribution in [1.82, 2.24) is 9.55 Å². The van der Waals surface area contributed by atoms with Crippen LogP contribution in [-0.4, -0.2) is 20.6 Å². The largest absolute Gasteiger partial charge is 0.342 e. The fraction of sp³-hybridized carbons (Fsp3) is 0.462. The normalized spacial score (nSPS) is 20.2. The van der Waals surface area contributed by atoms with Gasteiger partial charge in [0.1, 0.15) is 5.52 Å². The van der Waals surface area contributed by atoms with E-state index in [-0.39, 0.29) is 5.56 Å². The predicted octanol–water partition coefficient (Wildman–Crippen LogP) is 2.53. The van der Waals surface area contributed by atoms with E-state index in [4.69, 9.17) is 0 Å². The monoisotopic (exact) mass is 248 g/mol. The van der Waals surface area contributed by atoms with Crippen molar-refractivity contribution < 1.29 is 0 Å². The molecule has 1 unspecified atom stereocenters. The zero-order chi connectivity index (χ0) is 11.8. The molecule has 0 aliphatic carbocycles. The number of hydrogen-bond acceptors (Lipinski definition) is 2. The number of nitrogens with zero attached hydrogens (tertiary/aromatic N) is 1. The Morgan fingerprint density at radius 2 is 2.47 bits per heavy atom. The number of aromatic nitrogens is 2. The Hall–Kier alpha value is -1.16. The molecular weight excluding hydrogens is 232 g/mol. The topological polar surface area (TPSA) is 37.8 Å². The first kappa shape index (κ1) is 11.0. The molecule has 0 amide bonds. The Balaban J connectivity index is 2.02. The van der Waals surface area contributed by atoms with Crippen molar-refractivity contribution in [2.75, 3.05) is 5.75 Å². The van der Waals surface area contributed by atoms with E-state index in [0.717, 1.165) is 23.1 Å². The maximum absolute atomic E-state index is 12.0. The van der Waals surface area contributed by atoms with Crippen molar-refractivity contribution in [2.45, 2.75) is 31.6 Å². The van der Waals surface area contributed by atoms with Crippen molar-refractivity contribution >= 4 is 22.7 Å². The fourth-order valence-corrected chi connectivity index (χ4v) is 3.80. The minimum Gasteiger partial charge on any atom is -0.342 e. The van der Waals surface area contributed by atoms with Crippen LogP contribution in [0.15, 0.2) is 23.1 Å². The van der Waals surface area contributed by atoms with Crippen LogP contribution >= 0.6 is 11.8 Å². The summed E-state index contributed by atoms with van der Waals surface area (Å²) in [5.41, 5.74) is 1.78. The van der Waals surface area contributed by atoms with Crippen molar-refractivity contribution in [3.63, 3.8) is 0 Å². The summed E-state index contributed by atoms with van der Waals surface area (Å²) in [5.74, 6) is 1.26. The molecule has 0 saturated carbocycles. The Morgan fingerprint density at radius 1 is 1.59 bits per heavy atom. The van der Waals surface area contributed by atoms with Crippen LogP contribution in [0.2, 0.25) is 0 Å². The summed E-state index contributed by atoms with van der Waals surface area (Å²) in [6, 6.07) is 4.08. The molecule has 1 fully saturated rings. The van der Waals surface area contributed by atoms with Gasteiger partial charge < -0.3 is 9.55 Å². The second kappa shape index (κ2) is 4.26. The van der Waals surface area contributed by atoms with Crippen LogP contribution in [0.5, 0.6) is 0 Å². The summed E-state index contributed by atoms with van der Waals surface area (Å²) in [6.07, 6.45) is 4.62. The number of aryl methyl sites for hydroxylation is 1. The first-order valence-corrected chi connectivity index (χ1v) is 7.09. The summed E-state index contributed by atoms with van der Waals surface area (Å²) >= 11 is 2.03. The molecule has 3 rings (SSSR count). The lowest BCUT2D eigenvalue weighted by Gasteiger charge is -2.10. The molecule has 1 saturated heterocycles. The molecule has 3 nitrogen and oxygen atoms in total. The number of nitrogens with one attached hydrogen (secondary N) is 1. The first-order valence-electron chi connectivity index (χ1n) is 6.04. The summed E-state index contributed by atoms with van der Waals surface area (Å²) in [5, 5.41) is 1.72. The maximum atomic E-state index is 12.0. The molecule has 4 heteroatoms. The van der Waals surface area contributed by atoms with Gasteiger partial charge in [0.2, 0.25) is 0 Å². The van der Waals surface area contributed by atoms with Crippen LogP contribution in [0.1, 0.15) is 18.5 Å². The number of pyridine rings is 1. The lowest BCUT2D eigenvalue weighted by atomic mass is 10.2. The first-order chi connectivity index (χ1) is 8.24. The Bertz CT molecular complexity index is 593. The van der Waals surface area contributed by atoms with Gasteiger partial charge in [-0.15, -0.1) is 0 Å². The summed E-state index contributed by atoms with van der Waals surface area (Å²) in [6.45, 7) is 2.88. The highest BCUT2D eigenvalue weighted by Gasteiger charge is 2.17. The molecule has 17 heavy (non-hydrogen) atoms. The van der Waals surface area contributed by atoms with Gasteiger partial charge in [0.15, 0.2) is 0 Å². The zero-order valence-electron chi connectivity index (χ0n) is 9.90. The van der Waals surface area contributed by atoms with Crippen LogP contribution in [0, 0.1) is 6.92 Å². The van der Waals surface area contributed by atoms with Gasteiger partial charge in [0.25, 0.3) is 5.56 Å². The van der Waals surface area contributed by atoms with E-state index in [1.807, 2.05) is 37.0 Å². The van der Waals surface area contributed by atoms with Gasteiger partial charge in [0.05, 0.1) is 0 Å². The summed E-state index contributed by atoms with van der Waals surface area (Å²) in [7, 11) is 0. The molecule has 0 bridgehead atoms. The van der Waals surface area contributed by atoms with Crippen molar-refractivity contribution in [1.29, 1.82) is 0 Å². The Morgan fingerprint density at radius 3 is 3.24 bits per heavy atom. The van der Waals surface area contributed by atoms with Gasteiger partial charge in [-0.1, -0.05) is 0 Å². The molecule has 1 aliphatic rings. The van der Waals surface area contributed by atoms with Crippen LogP contribution in [0.4, 0.5) is 0 Å². The lowest BCUT2D eigenvalue weighted by Crippen LogP contribution is -2.15. The van der Waals surface area contributed by atoms with Crippen molar-refractivity contribution in [3.8, 4) is 0 Å². The van der Waals surface area contributed by atoms with Gasteiger partial charge in [-0.2, -0.15) is 11.8 Å². The molecule has 0 aromatic carbocycles. The van der Waals surface area contributed by atoms with Gasteiger partial charge >= 0.3 is 0 Å². The number of H-pyrrole nitrogens is 1. The van der Waals surface area contributed by atoms with E-state index in [2.05, 4.69) is 9.55 Å². The summed E-state index contributed by atoms with van der Waals surface area (Å²) < 4.78 is 2.11. The summed E-state index contributed by atoms with van der Waals surface area (Å²) in [4.78, 5) is 14.9. The van der Waals surface area contributed by atoms with Crippen molar-refractivity contribution in [2.24, 2.45) is 0 Å². The molecule has 0 radical (unpaired) electrons.